The second-order valence-electron chi connectivity index (χ2n) is 4.09. The van der Waals surface area contributed by atoms with E-state index >= 15 is 0 Å². The van der Waals surface area contributed by atoms with Crippen LogP contribution in [0.4, 0.5) is 0 Å². The standard InChI is InChI=1S/C10H13BrClNO2S2/c11-7-3-1-2-4-8(7)13-17(14,15)10-6-5-9(12)16-10/h5-8,13H,1-4H2. The van der Waals surface area contributed by atoms with Crippen LogP contribution in [0.5, 0.6) is 0 Å². The number of rotatable bonds is 3. The van der Waals surface area contributed by atoms with Crippen LogP contribution in [-0.4, -0.2) is 19.3 Å². The van der Waals surface area contributed by atoms with Crippen LogP contribution < -0.4 is 4.72 Å². The fourth-order valence-corrected chi connectivity index (χ4v) is 5.62. The normalized spacial score (nSPS) is 26.0. The molecule has 1 N–H and O–H groups in total. The minimum Gasteiger partial charge on any atom is -0.206 e. The maximum atomic E-state index is 12.1. The average Bonchev–Trinajstić information content (AvgIpc) is 2.69. The van der Waals surface area contributed by atoms with E-state index in [1.807, 2.05) is 0 Å². The first-order valence-corrected chi connectivity index (χ1v) is 9.00. The summed E-state index contributed by atoms with van der Waals surface area (Å²) in [7, 11) is -3.42. The molecule has 2 unspecified atom stereocenters. The first-order chi connectivity index (χ1) is 7.99. The van der Waals surface area contributed by atoms with E-state index < -0.39 is 10.0 Å². The summed E-state index contributed by atoms with van der Waals surface area (Å²) in [5.74, 6) is 0. The maximum absolute atomic E-state index is 12.1. The summed E-state index contributed by atoms with van der Waals surface area (Å²) in [6.07, 6.45) is 4.12. The Morgan fingerprint density at radius 3 is 2.65 bits per heavy atom. The van der Waals surface area contributed by atoms with E-state index in [-0.39, 0.29) is 15.1 Å². The highest BCUT2D eigenvalue weighted by Gasteiger charge is 2.28. The Balaban J connectivity index is 2.11. The Morgan fingerprint density at radius 1 is 1.35 bits per heavy atom. The van der Waals surface area contributed by atoms with Gasteiger partial charge in [0.15, 0.2) is 0 Å². The molecule has 0 aromatic carbocycles. The summed E-state index contributed by atoms with van der Waals surface area (Å²) in [5.41, 5.74) is 0. The van der Waals surface area contributed by atoms with Gasteiger partial charge in [-0.15, -0.1) is 11.3 Å². The van der Waals surface area contributed by atoms with Gasteiger partial charge in [0.05, 0.1) is 4.34 Å². The molecule has 1 heterocycles. The fourth-order valence-electron chi connectivity index (χ4n) is 1.92. The maximum Gasteiger partial charge on any atom is 0.250 e. The van der Waals surface area contributed by atoms with Crippen molar-refractivity contribution in [3.8, 4) is 0 Å². The van der Waals surface area contributed by atoms with Crippen molar-refractivity contribution in [3.63, 3.8) is 0 Å². The molecule has 0 bridgehead atoms. The predicted octanol–water partition coefficient (Wildman–Crippen LogP) is 3.39. The Kier molecular flexibility index (Phi) is 4.52. The monoisotopic (exact) mass is 357 g/mol. The van der Waals surface area contributed by atoms with Gasteiger partial charge in [-0.25, -0.2) is 13.1 Å². The molecule has 96 valence electrons. The summed E-state index contributed by atoms with van der Waals surface area (Å²) in [6, 6.07) is 3.13. The number of halogens is 2. The Bertz CT molecular complexity index is 488. The molecule has 2 atom stereocenters. The van der Waals surface area contributed by atoms with Gasteiger partial charge < -0.3 is 0 Å². The smallest absolute Gasteiger partial charge is 0.206 e. The molecule has 1 aliphatic rings. The molecule has 0 aliphatic heterocycles. The first kappa shape index (κ1) is 13.8. The molecule has 1 aromatic rings. The summed E-state index contributed by atoms with van der Waals surface area (Å²) in [4.78, 5) is 0.224. The van der Waals surface area contributed by atoms with Crippen molar-refractivity contribution in [2.75, 3.05) is 0 Å². The van der Waals surface area contributed by atoms with Crippen LogP contribution in [0.25, 0.3) is 0 Å². The van der Waals surface area contributed by atoms with E-state index in [1.165, 1.54) is 0 Å². The minimum absolute atomic E-state index is 0.0189. The van der Waals surface area contributed by atoms with Crippen LogP contribution in [0.15, 0.2) is 16.3 Å². The zero-order valence-electron chi connectivity index (χ0n) is 9.03. The molecule has 1 saturated carbocycles. The van der Waals surface area contributed by atoms with Crippen molar-refractivity contribution in [2.45, 2.75) is 40.8 Å². The SMILES string of the molecule is O=S(=O)(NC1CCCCC1Br)c1ccc(Cl)s1. The third-order valence-electron chi connectivity index (χ3n) is 2.80. The summed E-state index contributed by atoms with van der Waals surface area (Å²) in [6.45, 7) is 0. The number of alkyl halides is 1. The molecule has 7 heteroatoms. The van der Waals surface area contributed by atoms with Crippen molar-refractivity contribution in [2.24, 2.45) is 0 Å². The van der Waals surface area contributed by atoms with Crippen LogP contribution in [0.2, 0.25) is 4.34 Å². The number of nitrogens with one attached hydrogen (secondary N) is 1. The molecule has 2 rings (SSSR count). The van der Waals surface area contributed by atoms with Gasteiger partial charge >= 0.3 is 0 Å². The van der Waals surface area contributed by atoms with E-state index in [4.69, 9.17) is 11.6 Å². The molecular weight excluding hydrogens is 346 g/mol. The molecule has 0 amide bonds. The Morgan fingerprint density at radius 2 is 2.06 bits per heavy atom. The van der Waals surface area contributed by atoms with Gasteiger partial charge in [0.25, 0.3) is 0 Å². The molecular formula is C10H13BrClNO2S2. The highest BCUT2D eigenvalue weighted by molar-refractivity contribution is 9.09. The molecule has 1 fully saturated rings. The van der Waals surface area contributed by atoms with E-state index in [9.17, 15) is 8.42 Å². The lowest BCUT2D eigenvalue weighted by Crippen LogP contribution is -2.42. The van der Waals surface area contributed by atoms with Crippen LogP contribution in [-0.2, 0) is 10.0 Å². The number of sulfonamides is 1. The second-order valence-corrected chi connectivity index (χ2v) is 8.92. The highest BCUT2D eigenvalue weighted by Crippen LogP contribution is 2.29. The lowest BCUT2D eigenvalue weighted by molar-refractivity contribution is 0.427. The number of hydrogen-bond donors (Lipinski definition) is 1. The summed E-state index contributed by atoms with van der Waals surface area (Å²) >= 11 is 10.4. The second kappa shape index (κ2) is 5.57. The molecule has 1 aromatic heterocycles. The lowest BCUT2D eigenvalue weighted by atomic mass is 9.96. The third kappa shape index (κ3) is 3.44. The fraction of sp³-hybridized carbons (Fsp3) is 0.600. The van der Waals surface area contributed by atoms with E-state index in [2.05, 4.69) is 20.7 Å². The lowest BCUT2D eigenvalue weighted by Gasteiger charge is -2.27. The van der Waals surface area contributed by atoms with Gasteiger partial charge in [0.2, 0.25) is 10.0 Å². The molecule has 0 saturated heterocycles. The quantitative estimate of drug-likeness (QED) is 0.842. The van der Waals surface area contributed by atoms with Crippen molar-refractivity contribution in [3.05, 3.63) is 16.5 Å². The molecule has 0 radical (unpaired) electrons. The number of thiophene rings is 1. The zero-order chi connectivity index (χ0) is 12.5. The van der Waals surface area contributed by atoms with Gasteiger partial charge in [-0.3, -0.25) is 0 Å². The number of hydrogen-bond acceptors (Lipinski definition) is 3. The minimum atomic E-state index is -3.42. The van der Waals surface area contributed by atoms with Crippen LogP contribution >= 0.6 is 38.9 Å². The predicted molar refractivity (Wildman–Crippen MR) is 74.6 cm³/mol. The van der Waals surface area contributed by atoms with Gasteiger partial charge in [-0.05, 0) is 25.0 Å². The van der Waals surface area contributed by atoms with E-state index in [1.54, 1.807) is 12.1 Å². The molecule has 3 nitrogen and oxygen atoms in total. The zero-order valence-corrected chi connectivity index (χ0v) is 13.0. The molecule has 0 spiro atoms. The van der Waals surface area contributed by atoms with Gasteiger partial charge in [-0.2, -0.15) is 0 Å². The van der Waals surface area contributed by atoms with E-state index in [0.717, 1.165) is 37.0 Å². The van der Waals surface area contributed by atoms with E-state index in [0.29, 0.717) is 4.34 Å². The summed E-state index contributed by atoms with van der Waals surface area (Å²) in [5, 5.41) is 0. The van der Waals surface area contributed by atoms with Gasteiger partial charge in [-0.1, -0.05) is 40.4 Å². The Hall–Kier alpha value is 0.380. The molecule has 17 heavy (non-hydrogen) atoms. The third-order valence-corrected chi connectivity index (χ3v) is 7.11. The molecule has 1 aliphatic carbocycles. The van der Waals surface area contributed by atoms with Crippen molar-refractivity contribution in [1.82, 2.24) is 4.72 Å². The van der Waals surface area contributed by atoms with Crippen molar-refractivity contribution >= 4 is 48.9 Å². The van der Waals surface area contributed by atoms with Crippen molar-refractivity contribution in [1.29, 1.82) is 0 Å². The van der Waals surface area contributed by atoms with Gasteiger partial charge in [0, 0.05) is 10.9 Å². The first-order valence-electron chi connectivity index (χ1n) is 5.41. The largest absolute Gasteiger partial charge is 0.250 e. The topological polar surface area (TPSA) is 46.2 Å². The van der Waals surface area contributed by atoms with Gasteiger partial charge in [0.1, 0.15) is 4.21 Å². The highest BCUT2D eigenvalue weighted by atomic mass is 79.9. The van der Waals surface area contributed by atoms with Crippen LogP contribution in [0, 0.1) is 0 Å². The summed E-state index contributed by atoms with van der Waals surface area (Å²) < 4.78 is 27.7. The van der Waals surface area contributed by atoms with Crippen LogP contribution in [0.1, 0.15) is 25.7 Å². The van der Waals surface area contributed by atoms with Crippen LogP contribution in [0.3, 0.4) is 0 Å². The Labute approximate surface area is 119 Å². The van der Waals surface area contributed by atoms with Crippen molar-refractivity contribution < 1.29 is 8.42 Å². The average molecular weight is 359 g/mol.